The average molecular weight is 256 g/mol. The number of likely N-dealkylation sites (tertiary alicyclic amines) is 1. The van der Waals surface area contributed by atoms with Crippen molar-refractivity contribution in [2.75, 3.05) is 13.6 Å². The Kier molecular flexibility index (Phi) is 3.36. The first-order valence-corrected chi connectivity index (χ1v) is 7.45. The van der Waals surface area contributed by atoms with Gasteiger partial charge in [-0.25, -0.2) is 0 Å². The quantitative estimate of drug-likeness (QED) is 0.881. The minimum Gasteiger partial charge on any atom is -0.361 e. The fourth-order valence-corrected chi connectivity index (χ4v) is 3.22. The molecule has 19 heavy (non-hydrogen) atoms. The number of aromatic nitrogens is 1. The van der Waals surface area contributed by atoms with E-state index < -0.39 is 0 Å². The molecule has 0 unspecified atom stereocenters. The Morgan fingerprint density at radius 2 is 2.21 bits per heavy atom. The van der Waals surface area contributed by atoms with Crippen molar-refractivity contribution in [1.82, 2.24) is 9.88 Å². The Labute approximate surface area is 115 Å². The molecule has 1 saturated heterocycles. The molecule has 2 heteroatoms. The maximum Gasteiger partial charge on any atom is 0.0457 e. The van der Waals surface area contributed by atoms with Crippen LogP contribution in [-0.2, 0) is 6.42 Å². The Morgan fingerprint density at radius 3 is 2.89 bits per heavy atom. The highest BCUT2D eigenvalue weighted by atomic mass is 15.1. The van der Waals surface area contributed by atoms with E-state index >= 15 is 0 Å². The lowest BCUT2D eigenvalue weighted by atomic mass is 9.98. The van der Waals surface area contributed by atoms with E-state index in [2.05, 4.69) is 55.2 Å². The molecule has 1 fully saturated rings. The van der Waals surface area contributed by atoms with E-state index in [-0.39, 0.29) is 0 Å². The Morgan fingerprint density at radius 1 is 1.37 bits per heavy atom. The number of nitrogens with zero attached hydrogens (tertiary/aromatic N) is 1. The minimum absolute atomic E-state index is 0.598. The van der Waals surface area contributed by atoms with Gasteiger partial charge in [0.25, 0.3) is 0 Å². The SMILES string of the molecule is CC(C)c1ccc2[nH]cc(C[C@H]3CCCN3C)c2c1. The summed E-state index contributed by atoms with van der Waals surface area (Å²) >= 11 is 0. The first-order chi connectivity index (χ1) is 9.15. The van der Waals surface area contributed by atoms with E-state index in [9.17, 15) is 0 Å². The zero-order valence-corrected chi connectivity index (χ0v) is 12.2. The van der Waals surface area contributed by atoms with E-state index in [4.69, 9.17) is 0 Å². The fraction of sp³-hybridized carbons (Fsp3) is 0.529. The van der Waals surface area contributed by atoms with E-state index in [0.29, 0.717) is 5.92 Å². The van der Waals surface area contributed by atoms with Gasteiger partial charge in [-0.1, -0.05) is 19.9 Å². The summed E-state index contributed by atoms with van der Waals surface area (Å²) in [6.45, 7) is 5.78. The predicted octanol–water partition coefficient (Wildman–Crippen LogP) is 3.93. The number of hydrogen-bond donors (Lipinski definition) is 1. The third-order valence-electron chi connectivity index (χ3n) is 4.59. The van der Waals surface area contributed by atoms with Gasteiger partial charge in [-0.3, -0.25) is 0 Å². The summed E-state index contributed by atoms with van der Waals surface area (Å²) in [7, 11) is 2.26. The molecule has 1 N–H and O–H groups in total. The lowest BCUT2D eigenvalue weighted by Crippen LogP contribution is -2.26. The van der Waals surface area contributed by atoms with Crippen LogP contribution in [0.15, 0.2) is 24.4 Å². The van der Waals surface area contributed by atoms with Gasteiger partial charge in [-0.05, 0) is 62.0 Å². The first kappa shape index (κ1) is 12.7. The summed E-state index contributed by atoms with van der Waals surface area (Å²) < 4.78 is 0. The molecule has 0 saturated carbocycles. The van der Waals surface area contributed by atoms with Crippen LogP contribution in [0, 0.1) is 0 Å². The molecule has 102 valence electrons. The number of rotatable bonds is 3. The van der Waals surface area contributed by atoms with Gasteiger partial charge in [0, 0.05) is 23.1 Å². The molecule has 0 amide bonds. The van der Waals surface area contributed by atoms with Gasteiger partial charge in [-0.2, -0.15) is 0 Å². The van der Waals surface area contributed by atoms with E-state index in [1.807, 2.05) is 0 Å². The van der Waals surface area contributed by atoms with E-state index in [1.54, 1.807) is 0 Å². The van der Waals surface area contributed by atoms with Crippen LogP contribution in [0.2, 0.25) is 0 Å². The van der Waals surface area contributed by atoms with Crippen molar-refractivity contribution >= 4 is 10.9 Å². The number of likely N-dealkylation sites (N-methyl/N-ethyl adjacent to an activating group) is 1. The Bertz CT molecular complexity index is 568. The largest absolute Gasteiger partial charge is 0.361 e. The molecule has 2 heterocycles. The third-order valence-corrected chi connectivity index (χ3v) is 4.59. The van der Waals surface area contributed by atoms with Gasteiger partial charge in [0.15, 0.2) is 0 Å². The van der Waals surface area contributed by atoms with Crippen molar-refractivity contribution < 1.29 is 0 Å². The molecule has 2 aromatic rings. The van der Waals surface area contributed by atoms with Crippen molar-refractivity contribution in [2.45, 2.75) is 45.1 Å². The fourth-order valence-electron chi connectivity index (χ4n) is 3.22. The molecule has 1 aromatic heterocycles. The van der Waals surface area contributed by atoms with Crippen LogP contribution in [-0.4, -0.2) is 29.5 Å². The molecule has 2 nitrogen and oxygen atoms in total. The monoisotopic (exact) mass is 256 g/mol. The Hall–Kier alpha value is -1.28. The second-order valence-electron chi connectivity index (χ2n) is 6.25. The number of aromatic amines is 1. The van der Waals surface area contributed by atoms with Crippen LogP contribution in [0.5, 0.6) is 0 Å². The number of H-pyrrole nitrogens is 1. The highest BCUT2D eigenvalue weighted by Crippen LogP contribution is 2.27. The maximum atomic E-state index is 3.42. The highest BCUT2D eigenvalue weighted by Gasteiger charge is 2.22. The average Bonchev–Trinajstić information content (AvgIpc) is 2.97. The summed E-state index contributed by atoms with van der Waals surface area (Å²) in [5.74, 6) is 0.598. The molecule has 3 rings (SSSR count). The number of fused-ring (bicyclic) bond motifs is 1. The summed E-state index contributed by atoms with van der Waals surface area (Å²) in [6.07, 6.45) is 6.08. The molecule has 1 aliphatic rings. The van der Waals surface area contributed by atoms with E-state index in [1.165, 1.54) is 47.8 Å². The summed E-state index contributed by atoms with van der Waals surface area (Å²) in [5.41, 5.74) is 4.20. The minimum atomic E-state index is 0.598. The molecular formula is C17H24N2. The molecule has 1 aromatic carbocycles. The van der Waals surface area contributed by atoms with Crippen molar-refractivity contribution in [3.63, 3.8) is 0 Å². The van der Waals surface area contributed by atoms with Gasteiger partial charge in [-0.15, -0.1) is 0 Å². The van der Waals surface area contributed by atoms with Gasteiger partial charge in [0.2, 0.25) is 0 Å². The highest BCUT2D eigenvalue weighted by molar-refractivity contribution is 5.84. The molecule has 0 spiro atoms. The molecule has 1 atom stereocenters. The van der Waals surface area contributed by atoms with Gasteiger partial charge < -0.3 is 9.88 Å². The van der Waals surface area contributed by atoms with Crippen LogP contribution >= 0.6 is 0 Å². The lowest BCUT2D eigenvalue weighted by Gasteiger charge is -2.18. The molecule has 0 bridgehead atoms. The Balaban J connectivity index is 1.92. The molecule has 0 radical (unpaired) electrons. The van der Waals surface area contributed by atoms with Gasteiger partial charge in [0.1, 0.15) is 0 Å². The standard InChI is InChI=1S/C17H24N2/c1-12(2)13-6-7-17-16(10-13)14(11-18-17)9-15-5-4-8-19(15)3/h6-7,10-12,15,18H,4-5,8-9H2,1-3H3/t15-/m1/s1. The van der Waals surface area contributed by atoms with Crippen molar-refractivity contribution in [2.24, 2.45) is 0 Å². The van der Waals surface area contributed by atoms with Crippen molar-refractivity contribution in [1.29, 1.82) is 0 Å². The predicted molar refractivity (Wildman–Crippen MR) is 81.7 cm³/mol. The van der Waals surface area contributed by atoms with Crippen molar-refractivity contribution in [3.05, 3.63) is 35.5 Å². The smallest absolute Gasteiger partial charge is 0.0457 e. The van der Waals surface area contributed by atoms with Crippen LogP contribution in [0.25, 0.3) is 10.9 Å². The topological polar surface area (TPSA) is 19.0 Å². The maximum absolute atomic E-state index is 3.42. The number of benzene rings is 1. The summed E-state index contributed by atoms with van der Waals surface area (Å²) in [4.78, 5) is 5.93. The number of hydrogen-bond acceptors (Lipinski definition) is 1. The molecular weight excluding hydrogens is 232 g/mol. The zero-order chi connectivity index (χ0) is 13.4. The normalized spacial score (nSPS) is 20.7. The second kappa shape index (κ2) is 5.01. The number of nitrogens with one attached hydrogen (secondary N) is 1. The zero-order valence-electron chi connectivity index (χ0n) is 12.2. The third kappa shape index (κ3) is 2.42. The summed E-state index contributed by atoms with van der Waals surface area (Å²) in [5, 5.41) is 1.42. The van der Waals surface area contributed by atoms with Gasteiger partial charge in [0.05, 0.1) is 0 Å². The molecule has 0 aliphatic carbocycles. The molecule has 1 aliphatic heterocycles. The van der Waals surface area contributed by atoms with Crippen molar-refractivity contribution in [3.8, 4) is 0 Å². The van der Waals surface area contributed by atoms with Gasteiger partial charge >= 0.3 is 0 Å². The first-order valence-electron chi connectivity index (χ1n) is 7.45. The van der Waals surface area contributed by atoms with Crippen LogP contribution in [0.4, 0.5) is 0 Å². The van der Waals surface area contributed by atoms with E-state index in [0.717, 1.165) is 6.04 Å². The van der Waals surface area contributed by atoms with Crippen LogP contribution < -0.4 is 0 Å². The van der Waals surface area contributed by atoms with Crippen LogP contribution in [0.3, 0.4) is 0 Å². The lowest BCUT2D eigenvalue weighted by molar-refractivity contribution is 0.310. The summed E-state index contributed by atoms with van der Waals surface area (Å²) in [6, 6.07) is 7.57. The second-order valence-corrected chi connectivity index (χ2v) is 6.25. The van der Waals surface area contributed by atoms with Crippen LogP contribution in [0.1, 0.15) is 43.7 Å².